The topological polar surface area (TPSA) is 0 Å². The van der Waals surface area contributed by atoms with E-state index in [1.165, 1.54) is 0 Å². The first-order chi connectivity index (χ1) is 1.73. The van der Waals surface area contributed by atoms with E-state index < -0.39 is 6.08 Å². The molecule has 0 aromatic heterocycles. The van der Waals surface area contributed by atoms with E-state index >= 15 is 0 Å². The van der Waals surface area contributed by atoms with E-state index in [2.05, 4.69) is 6.58 Å². The van der Waals surface area contributed by atoms with Crippen LogP contribution in [0.15, 0.2) is 6.08 Å². The van der Waals surface area contributed by atoms with Gasteiger partial charge >= 0.3 is 0 Å². The molecule has 0 saturated carbocycles. The van der Waals surface area contributed by atoms with Crippen LogP contribution in [0.1, 0.15) is 0 Å². The van der Waals surface area contributed by atoms with Crippen LogP contribution in [0.3, 0.4) is 0 Å². The standard InChI is InChI=1S/C2HF2.ClH.Zn/c1-2(3)4;;/h1H;1H;/p-1. The zero-order chi connectivity index (χ0) is 3.58. The van der Waals surface area contributed by atoms with Crippen molar-refractivity contribution in [3.63, 3.8) is 0 Å². The van der Waals surface area contributed by atoms with Crippen molar-refractivity contribution in [2.45, 2.75) is 0 Å². The van der Waals surface area contributed by atoms with Gasteiger partial charge in [-0.3, -0.25) is 0 Å². The minimum absolute atomic E-state index is 0. The molecule has 0 bridgehead atoms. The quantitative estimate of drug-likeness (QED) is 0.370. The second kappa shape index (κ2) is 9.10. The molecule has 0 rings (SSSR count). The molecular weight excluding hydrogens is 163 g/mol. The molecule has 0 nitrogen and oxygen atoms in total. The van der Waals surface area contributed by atoms with Crippen LogP contribution in [0.25, 0.3) is 0 Å². The van der Waals surface area contributed by atoms with Gasteiger partial charge in [-0.2, -0.15) is 8.78 Å². The van der Waals surface area contributed by atoms with Crippen molar-refractivity contribution in [2.24, 2.45) is 0 Å². The fourth-order valence-electron chi connectivity index (χ4n) is 0. The van der Waals surface area contributed by atoms with Crippen molar-refractivity contribution >= 4 is 0 Å². The second-order valence-electron chi connectivity index (χ2n) is 0.290. The van der Waals surface area contributed by atoms with Gasteiger partial charge in [0.05, 0.1) is 0 Å². The van der Waals surface area contributed by atoms with Crippen LogP contribution < -0.4 is 12.4 Å². The van der Waals surface area contributed by atoms with Crippen molar-refractivity contribution < 1.29 is 40.7 Å². The van der Waals surface area contributed by atoms with E-state index in [4.69, 9.17) is 0 Å². The van der Waals surface area contributed by atoms with Crippen molar-refractivity contribution in [1.82, 2.24) is 0 Å². The minimum Gasteiger partial charge on any atom is -1.00 e. The summed E-state index contributed by atoms with van der Waals surface area (Å²) in [4.78, 5) is 0. The zero-order valence-corrected chi connectivity index (χ0v) is 6.64. The summed E-state index contributed by atoms with van der Waals surface area (Å²) in [6, 6.07) is 0. The van der Waals surface area contributed by atoms with Gasteiger partial charge in [-0.15, -0.1) is 0 Å². The van der Waals surface area contributed by atoms with E-state index in [0.29, 0.717) is 0 Å². The molecule has 0 aliphatic carbocycles. The number of halogens is 3. The fourth-order valence-corrected chi connectivity index (χ4v) is 0. The van der Waals surface area contributed by atoms with Crippen molar-refractivity contribution in [1.29, 1.82) is 0 Å². The SMILES string of the molecule is [CH]=C(F)F.[Cl-].[Zn]. The van der Waals surface area contributed by atoms with Crippen LogP contribution in [-0.2, 0) is 19.5 Å². The minimum atomic E-state index is -2.08. The molecule has 0 atom stereocenters. The van der Waals surface area contributed by atoms with E-state index in [1.54, 1.807) is 0 Å². The van der Waals surface area contributed by atoms with Crippen LogP contribution >= 0.6 is 0 Å². The molecule has 0 aromatic rings. The zero-order valence-electron chi connectivity index (χ0n) is 2.92. The van der Waals surface area contributed by atoms with Gasteiger partial charge in [0, 0.05) is 26.1 Å². The molecule has 0 unspecified atom stereocenters. The van der Waals surface area contributed by atoms with Crippen LogP contribution in [0.5, 0.6) is 0 Å². The molecule has 0 aliphatic heterocycles. The predicted molar refractivity (Wildman–Crippen MR) is 10.0 cm³/mol. The van der Waals surface area contributed by atoms with Gasteiger partial charge in [-0.25, -0.2) is 0 Å². The normalized spacial score (nSPS) is 4.33. The first kappa shape index (κ1) is 16.0. The van der Waals surface area contributed by atoms with E-state index in [1.807, 2.05) is 0 Å². The van der Waals surface area contributed by atoms with Gasteiger partial charge in [0.15, 0.2) is 0 Å². The number of hydrogen-bond donors (Lipinski definition) is 0. The largest absolute Gasteiger partial charge is 1.00 e. The number of hydrogen-bond acceptors (Lipinski definition) is 0. The van der Waals surface area contributed by atoms with Crippen LogP contribution in [0, 0.1) is 6.58 Å². The second-order valence-corrected chi connectivity index (χ2v) is 0.290. The Morgan fingerprint density at radius 3 is 1.33 bits per heavy atom. The summed E-state index contributed by atoms with van der Waals surface area (Å²) in [6.07, 6.45) is -2.08. The summed E-state index contributed by atoms with van der Waals surface area (Å²) < 4.78 is 20.1. The molecule has 33 valence electrons. The van der Waals surface area contributed by atoms with Crippen LogP contribution in [0.4, 0.5) is 8.78 Å². The smallest absolute Gasteiger partial charge is 0.270 e. The van der Waals surface area contributed by atoms with E-state index in [0.717, 1.165) is 0 Å². The fraction of sp³-hybridized carbons (Fsp3) is 0. The summed E-state index contributed by atoms with van der Waals surface area (Å²) >= 11 is 0. The van der Waals surface area contributed by atoms with Gasteiger partial charge < -0.3 is 12.4 Å². The Hall–Kier alpha value is 0.513. The first-order valence-electron chi connectivity index (χ1n) is 0.667. The van der Waals surface area contributed by atoms with Crippen LogP contribution in [-0.4, -0.2) is 0 Å². The summed E-state index contributed by atoms with van der Waals surface area (Å²) in [5.74, 6) is 0. The average Bonchev–Trinajstić information content (AvgIpc) is 0.811. The molecule has 0 spiro atoms. The molecule has 0 aromatic carbocycles. The van der Waals surface area contributed by atoms with E-state index in [-0.39, 0.29) is 31.9 Å². The maximum Gasteiger partial charge on any atom is 0.270 e. The summed E-state index contributed by atoms with van der Waals surface area (Å²) in [5, 5.41) is 0. The monoisotopic (exact) mass is 162 g/mol. The molecule has 0 N–H and O–H groups in total. The Labute approximate surface area is 53.8 Å². The predicted octanol–water partition coefficient (Wildman–Crippen LogP) is -1.80. The third kappa shape index (κ3) is 211. The van der Waals surface area contributed by atoms with Crippen molar-refractivity contribution in [3.05, 3.63) is 12.7 Å². The third-order valence-electron chi connectivity index (χ3n) is 0. The molecular formula is C2HClF2Zn-. The Kier molecular flexibility index (Phi) is 24.3. The third-order valence-corrected chi connectivity index (χ3v) is 0. The Morgan fingerprint density at radius 1 is 1.33 bits per heavy atom. The summed E-state index contributed by atoms with van der Waals surface area (Å²) in [6.45, 7) is 3.69. The number of rotatable bonds is 0. The Balaban J connectivity index is -0.0000000450. The summed E-state index contributed by atoms with van der Waals surface area (Å²) in [5.41, 5.74) is 0. The molecule has 1 radical (unpaired) electrons. The molecule has 0 saturated heterocycles. The maximum atomic E-state index is 10.0. The molecule has 0 amide bonds. The van der Waals surface area contributed by atoms with Gasteiger partial charge in [0.25, 0.3) is 6.08 Å². The van der Waals surface area contributed by atoms with Crippen molar-refractivity contribution in [2.75, 3.05) is 0 Å². The maximum absolute atomic E-state index is 10.0. The first-order valence-corrected chi connectivity index (χ1v) is 0.667. The molecule has 0 fully saturated rings. The molecule has 0 heterocycles. The van der Waals surface area contributed by atoms with Gasteiger partial charge in [0.1, 0.15) is 0 Å². The van der Waals surface area contributed by atoms with Gasteiger partial charge in [-0.05, 0) is 0 Å². The molecule has 6 heavy (non-hydrogen) atoms. The summed E-state index contributed by atoms with van der Waals surface area (Å²) in [7, 11) is 0. The molecule has 4 heteroatoms. The Bertz CT molecular complexity index is 34.5. The van der Waals surface area contributed by atoms with Crippen LogP contribution in [0.2, 0.25) is 0 Å². The van der Waals surface area contributed by atoms with Crippen molar-refractivity contribution in [3.8, 4) is 0 Å². The Morgan fingerprint density at radius 2 is 1.33 bits per heavy atom. The van der Waals surface area contributed by atoms with Gasteiger partial charge in [0.2, 0.25) is 0 Å². The van der Waals surface area contributed by atoms with Gasteiger partial charge in [-0.1, -0.05) is 0 Å². The van der Waals surface area contributed by atoms with E-state index in [9.17, 15) is 8.78 Å². The average molecular weight is 164 g/mol. The molecule has 0 aliphatic rings.